The lowest BCUT2D eigenvalue weighted by Gasteiger charge is -2.49. The molecule has 1 atom stereocenters. The summed E-state index contributed by atoms with van der Waals surface area (Å²) in [7, 11) is 1.56. The van der Waals surface area contributed by atoms with Crippen LogP contribution in [0.4, 0.5) is 0 Å². The quantitative estimate of drug-likeness (QED) is 0.668. The summed E-state index contributed by atoms with van der Waals surface area (Å²) in [6, 6.07) is 5.24. The number of aromatic nitrogens is 1. The number of hydrogen-bond donors (Lipinski definition) is 1. The number of amides is 2. The van der Waals surface area contributed by atoms with Gasteiger partial charge >= 0.3 is 5.97 Å². The van der Waals surface area contributed by atoms with Crippen LogP contribution in [-0.2, 0) is 21.4 Å². The van der Waals surface area contributed by atoms with Gasteiger partial charge in [0.2, 0.25) is 5.91 Å². The second-order valence-electron chi connectivity index (χ2n) is 11.1. The summed E-state index contributed by atoms with van der Waals surface area (Å²) in [6.45, 7) is 11.8. The third kappa shape index (κ3) is 5.34. The molecule has 2 heterocycles. The predicted octanol–water partition coefficient (Wildman–Crippen LogP) is 3.85. The van der Waals surface area contributed by atoms with Gasteiger partial charge in [-0.05, 0) is 23.1 Å². The van der Waals surface area contributed by atoms with Crippen molar-refractivity contribution in [2.45, 2.75) is 58.9 Å². The first kappa shape index (κ1) is 26.7. The first-order valence-electron chi connectivity index (χ1n) is 11.6. The zero-order chi connectivity index (χ0) is 26.2. The number of piperazine rings is 1. The number of hydrogen-bond acceptors (Lipinski definition) is 6. The van der Waals surface area contributed by atoms with E-state index in [-0.39, 0.29) is 37.4 Å². The molecule has 3 rings (SSSR count). The van der Waals surface area contributed by atoms with Crippen molar-refractivity contribution >= 4 is 29.1 Å². The first-order valence-corrected chi connectivity index (χ1v) is 12.6. The number of carboxylic acids is 1. The number of rotatable bonds is 5. The van der Waals surface area contributed by atoms with E-state index in [9.17, 15) is 19.5 Å². The van der Waals surface area contributed by atoms with E-state index >= 15 is 0 Å². The van der Waals surface area contributed by atoms with Crippen molar-refractivity contribution < 1.29 is 24.2 Å². The normalized spacial score (nSPS) is 18.9. The lowest BCUT2D eigenvalue weighted by Crippen LogP contribution is -2.70. The van der Waals surface area contributed by atoms with E-state index in [4.69, 9.17) is 4.74 Å². The molecule has 2 aromatic rings. The Hall–Kier alpha value is -2.94. The Morgan fingerprint density at radius 3 is 2.34 bits per heavy atom. The highest BCUT2D eigenvalue weighted by molar-refractivity contribution is 7.07. The van der Waals surface area contributed by atoms with Crippen LogP contribution in [0.2, 0.25) is 0 Å². The van der Waals surface area contributed by atoms with Crippen LogP contribution in [0.1, 0.15) is 63.2 Å². The summed E-state index contributed by atoms with van der Waals surface area (Å²) in [5.41, 5.74) is 0.974. The fourth-order valence-electron chi connectivity index (χ4n) is 4.49. The zero-order valence-corrected chi connectivity index (χ0v) is 22.4. The summed E-state index contributed by atoms with van der Waals surface area (Å²) < 4.78 is 5.57. The maximum absolute atomic E-state index is 13.8. The Morgan fingerprint density at radius 1 is 1.14 bits per heavy atom. The van der Waals surface area contributed by atoms with E-state index in [0.717, 1.165) is 5.56 Å². The molecule has 9 heteroatoms. The van der Waals surface area contributed by atoms with Gasteiger partial charge in [-0.25, -0.2) is 9.78 Å². The number of nitrogens with zero attached hydrogens (tertiary/aromatic N) is 3. The fraction of sp³-hybridized carbons (Fsp3) is 0.538. The highest BCUT2D eigenvalue weighted by Gasteiger charge is 2.52. The molecule has 0 saturated carbocycles. The molecule has 1 saturated heterocycles. The van der Waals surface area contributed by atoms with Gasteiger partial charge in [-0.2, -0.15) is 0 Å². The van der Waals surface area contributed by atoms with Gasteiger partial charge in [-0.15, -0.1) is 11.3 Å². The average Bonchev–Trinajstić information content (AvgIpc) is 3.29. The molecule has 2 amide bonds. The number of carbonyl (C=O) groups is 3. The first-order chi connectivity index (χ1) is 16.2. The maximum Gasteiger partial charge on any atom is 0.331 e. The lowest BCUT2D eigenvalue weighted by atomic mass is 9.84. The number of carboxylic acid groups (broad SMARTS) is 1. The van der Waals surface area contributed by atoms with Crippen LogP contribution in [0.3, 0.4) is 0 Å². The van der Waals surface area contributed by atoms with E-state index in [2.05, 4.69) is 25.8 Å². The van der Waals surface area contributed by atoms with Crippen LogP contribution in [-0.4, -0.2) is 70.0 Å². The Balaban J connectivity index is 2.07. The molecule has 1 fully saturated rings. The summed E-state index contributed by atoms with van der Waals surface area (Å²) in [6.07, 6.45) is 0.00268. The van der Waals surface area contributed by atoms with Crippen molar-refractivity contribution in [3.63, 3.8) is 0 Å². The van der Waals surface area contributed by atoms with Gasteiger partial charge in [-0.3, -0.25) is 9.59 Å². The van der Waals surface area contributed by atoms with Gasteiger partial charge in [0.25, 0.3) is 5.91 Å². The third-order valence-corrected chi connectivity index (χ3v) is 6.98. The number of aliphatic carboxylic acids is 1. The van der Waals surface area contributed by atoms with Crippen LogP contribution >= 0.6 is 11.3 Å². The number of ether oxygens (including phenoxy) is 1. The largest absolute Gasteiger partial charge is 0.496 e. The van der Waals surface area contributed by atoms with E-state index in [1.54, 1.807) is 55.8 Å². The maximum atomic E-state index is 13.8. The van der Waals surface area contributed by atoms with Crippen molar-refractivity contribution in [2.75, 3.05) is 26.7 Å². The molecular formula is C26H35N3O5S. The van der Waals surface area contributed by atoms with Crippen molar-refractivity contribution in [1.29, 1.82) is 0 Å². The van der Waals surface area contributed by atoms with Crippen molar-refractivity contribution in [2.24, 2.45) is 5.41 Å². The monoisotopic (exact) mass is 501 g/mol. The Kier molecular flexibility index (Phi) is 7.32. The predicted molar refractivity (Wildman–Crippen MR) is 135 cm³/mol. The molecule has 1 unspecified atom stereocenters. The Labute approximate surface area is 210 Å². The molecule has 1 N–H and O–H groups in total. The second-order valence-corrected chi connectivity index (χ2v) is 11.8. The molecule has 1 aromatic carbocycles. The Morgan fingerprint density at radius 2 is 1.83 bits per heavy atom. The minimum atomic E-state index is -1.65. The van der Waals surface area contributed by atoms with Crippen LogP contribution in [0.15, 0.2) is 29.1 Å². The lowest BCUT2D eigenvalue weighted by molar-refractivity contribution is -0.159. The van der Waals surface area contributed by atoms with Crippen LogP contribution in [0.5, 0.6) is 5.75 Å². The summed E-state index contributed by atoms with van der Waals surface area (Å²) >= 11 is 1.36. The van der Waals surface area contributed by atoms with E-state index in [1.165, 1.54) is 16.2 Å². The molecule has 1 aliphatic rings. The van der Waals surface area contributed by atoms with Gasteiger partial charge in [0.05, 0.1) is 24.9 Å². The SMILES string of the molecule is COc1cc(C(=O)N2CCN(C(=O)C(C)(C)C)CC2(Cc2cscn2)C(=O)O)ccc1C(C)(C)C. The van der Waals surface area contributed by atoms with Crippen LogP contribution in [0.25, 0.3) is 0 Å². The molecule has 190 valence electrons. The molecule has 35 heavy (non-hydrogen) atoms. The zero-order valence-electron chi connectivity index (χ0n) is 21.5. The molecular weight excluding hydrogens is 466 g/mol. The van der Waals surface area contributed by atoms with Gasteiger partial charge in [0.1, 0.15) is 5.75 Å². The molecule has 0 radical (unpaired) electrons. The standard InChI is InChI=1S/C26H35N3O5S/c1-24(2,3)19-9-8-17(12-20(19)34-7)21(30)29-11-10-28(22(31)25(4,5)6)15-26(29,23(32)33)13-18-14-35-16-27-18/h8-9,12,14,16H,10-11,13,15H2,1-7H3,(H,32,33). The van der Waals surface area contributed by atoms with Gasteiger partial charge in [0, 0.05) is 35.9 Å². The topological polar surface area (TPSA) is 100 Å². The fourth-order valence-corrected chi connectivity index (χ4v) is 5.05. The molecule has 8 nitrogen and oxygen atoms in total. The van der Waals surface area contributed by atoms with E-state index in [1.807, 2.05) is 6.07 Å². The van der Waals surface area contributed by atoms with E-state index in [0.29, 0.717) is 17.0 Å². The van der Waals surface area contributed by atoms with Gasteiger partial charge < -0.3 is 19.6 Å². The van der Waals surface area contributed by atoms with E-state index < -0.39 is 22.8 Å². The van der Waals surface area contributed by atoms with Gasteiger partial charge in [-0.1, -0.05) is 47.6 Å². The van der Waals surface area contributed by atoms with Gasteiger partial charge in [0.15, 0.2) is 5.54 Å². The van der Waals surface area contributed by atoms with Crippen molar-refractivity contribution in [3.05, 3.63) is 45.9 Å². The summed E-state index contributed by atoms with van der Waals surface area (Å²) in [5.74, 6) is -1.15. The minimum Gasteiger partial charge on any atom is -0.496 e. The molecule has 1 aliphatic heterocycles. The Bertz CT molecular complexity index is 1100. The minimum absolute atomic E-state index is 0.00268. The molecule has 1 aromatic heterocycles. The second kappa shape index (κ2) is 9.60. The van der Waals surface area contributed by atoms with Crippen LogP contribution < -0.4 is 4.74 Å². The molecule has 0 spiro atoms. The van der Waals surface area contributed by atoms with Crippen molar-refractivity contribution in [3.8, 4) is 5.75 Å². The smallest absolute Gasteiger partial charge is 0.331 e. The highest BCUT2D eigenvalue weighted by Crippen LogP contribution is 2.35. The van der Waals surface area contributed by atoms with Crippen molar-refractivity contribution in [1.82, 2.24) is 14.8 Å². The number of carbonyl (C=O) groups excluding carboxylic acids is 2. The van der Waals surface area contributed by atoms with Crippen LogP contribution in [0, 0.1) is 5.41 Å². The third-order valence-electron chi connectivity index (χ3n) is 6.35. The summed E-state index contributed by atoms with van der Waals surface area (Å²) in [5, 5.41) is 12.3. The number of thiazole rings is 1. The number of benzene rings is 1. The summed E-state index contributed by atoms with van der Waals surface area (Å²) in [4.78, 5) is 47.1. The highest BCUT2D eigenvalue weighted by atomic mass is 32.1. The average molecular weight is 502 g/mol. The molecule has 0 aliphatic carbocycles. The molecule has 0 bridgehead atoms. The number of methoxy groups -OCH3 is 1.